The van der Waals surface area contributed by atoms with Gasteiger partial charge in [0.2, 0.25) is 5.82 Å². The van der Waals surface area contributed by atoms with Crippen molar-refractivity contribution in [3.8, 4) is 0 Å². The van der Waals surface area contributed by atoms with Gasteiger partial charge in [-0.2, -0.15) is 0 Å². The lowest BCUT2D eigenvalue weighted by Crippen LogP contribution is -2.43. The van der Waals surface area contributed by atoms with Crippen LogP contribution in [-0.4, -0.2) is 37.7 Å². The summed E-state index contributed by atoms with van der Waals surface area (Å²) in [5.74, 6) is 0.257. The van der Waals surface area contributed by atoms with Crippen LogP contribution in [0, 0.1) is 0 Å². The van der Waals surface area contributed by atoms with Crippen molar-refractivity contribution in [2.75, 3.05) is 0 Å². The molecule has 22 heavy (non-hydrogen) atoms. The second-order valence-corrected chi connectivity index (χ2v) is 6.01. The van der Waals surface area contributed by atoms with Crippen LogP contribution in [0.2, 0.25) is 0 Å². The maximum absolute atomic E-state index is 12.7. The Hall–Kier alpha value is -2.43. The highest BCUT2D eigenvalue weighted by atomic mass is 16.2. The third-order valence-corrected chi connectivity index (χ3v) is 4.57. The number of benzene rings is 1. The molecular formula is C17H18N4O. The average Bonchev–Trinajstić information content (AvgIpc) is 3.09. The SMILES string of the molecule is Cn1cnc(C(=O)N2C3C=C(c4ccccc4)CC2CC3)n1. The topological polar surface area (TPSA) is 51.0 Å². The van der Waals surface area contributed by atoms with E-state index in [4.69, 9.17) is 0 Å². The zero-order chi connectivity index (χ0) is 15.1. The van der Waals surface area contributed by atoms with Gasteiger partial charge in [0.1, 0.15) is 6.33 Å². The molecular weight excluding hydrogens is 276 g/mol. The zero-order valence-electron chi connectivity index (χ0n) is 12.5. The van der Waals surface area contributed by atoms with E-state index < -0.39 is 0 Å². The van der Waals surface area contributed by atoms with E-state index in [2.05, 4.69) is 40.4 Å². The molecule has 0 aliphatic carbocycles. The molecule has 112 valence electrons. The van der Waals surface area contributed by atoms with Gasteiger partial charge in [-0.3, -0.25) is 9.48 Å². The number of fused-ring (bicyclic) bond motifs is 2. The Morgan fingerprint density at radius 3 is 2.73 bits per heavy atom. The summed E-state index contributed by atoms with van der Waals surface area (Å²) in [6.45, 7) is 0. The lowest BCUT2D eigenvalue weighted by molar-refractivity contribution is 0.0679. The van der Waals surface area contributed by atoms with Crippen LogP contribution in [-0.2, 0) is 7.05 Å². The van der Waals surface area contributed by atoms with Crippen LogP contribution >= 0.6 is 0 Å². The molecule has 1 fully saturated rings. The van der Waals surface area contributed by atoms with Gasteiger partial charge in [0.15, 0.2) is 0 Å². The van der Waals surface area contributed by atoms with Crippen LogP contribution in [0.15, 0.2) is 42.7 Å². The molecule has 2 aromatic rings. The summed E-state index contributed by atoms with van der Waals surface area (Å²) in [6.07, 6.45) is 6.82. The lowest BCUT2D eigenvalue weighted by Gasteiger charge is -2.33. The van der Waals surface area contributed by atoms with Crippen LogP contribution in [0.4, 0.5) is 0 Å². The van der Waals surface area contributed by atoms with Gasteiger partial charge in [0.25, 0.3) is 5.91 Å². The number of carbonyl (C=O) groups excluding carboxylic acids is 1. The van der Waals surface area contributed by atoms with Gasteiger partial charge in [0, 0.05) is 13.1 Å². The van der Waals surface area contributed by atoms with Gasteiger partial charge in [-0.05, 0) is 30.4 Å². The smallest absolute Gasteiger partial charge is 0.294 e. The van der Waals surface area contributed by atoms with Crippen LogP contribution in [0.25, 0.3) is 5.57 Å². The Labute approximate surface area is 129 Å². The fraction of sp³-hybridized carbons (Fsp3) is 0.353. The molecule has 4 rings (SSSR count). The summed E-state index contributed by atoms with van der Waals surface area (Å²) in [4.78, 5) is 18.8. The quantitative estimate of drug-likeness (QED) is 0.854. The second kappa shape index (κ2) is 5.09. The molecule has 0 N–H and O–H groups in total. The predicted octanol–water partition coefficient (Wildman–Crippen LogP) is 2.28. The largest absolute Gasteiger partial charge is 0.326 e. The van der Waals surface area contributed by atoms with Crippen molar-refractivity contribution >= 4 is 11.5 Å². The fourth-order valence-corrected chi connectivity index (χ4v) is 3.57. The highest BCUT2D eigenvalue weighted by Gasteiger charge is 2.41. The summed E-state index contributed by atoms with van der Waals surface area (Å²) in [7, 11) is 1.78. The molecule has 2 aliphatic heterocycles. The minimum Gasteiger partial charge on any atom is -0.326 e. The van der Waals surface area contributed by atoms with Gasteiger partial charge in [0.05, 0.1) is 6.04 Å². The molecule has 1 aromatic heterocycles. The Balaban J connectivity index is 1.63. The fourth-order valence-electron chi connectivity index (χ4n) is 3.57. The molecule has 3 heterocycles. The van der Waals surface area contributed by atoms with Gasteiger partial charge in [-0.15, -0.1) is 5.10 Å². The first-order valence-electron chi connectivity index (χ1n) is 7.67. The molecule has 2 atom stereocenters. The maximum Gasteiger partial charge on any atom is 0.294 e. The van der Waals surface area contributed by atoms with Crippen molar-refractivity contribution in [3.05, 3.63) is 54.1 Å². The number of carbonyl (C=O) groups is 1. The highest BCUT2D eigenvalue weighted by molar-refractivity contribution is 5.92. The van der Waals surface area contributed by atoms with E-state index in [0.717, 1.165) is 19.3 Å². The van der Waals surface area contributed by atoms with Crippen LogP contribution in [0.1, 0.15) is 35.4 Å². The first-order chi connectivity index (χ1) is 10.7. The normalized spacial score (nSPS) is 23.5. The van der Waals surface area contributed by atoms with Crippen molar-refractivity contribution in [1.29, 1.82) is 0 Å². The average molecular weight is 294 g/mol. The van der Waals surface area contributed by atoms with Gasteiger partial charge in [-0.25, -0.2) is 4.98 Å². The van der Waals surface area contributed by atoms with Crippen LogP contribution < -0.4 is 0 Å². The van der Waals surface area contributed by atoms with Crippen molar-refractivity contribution in [3.63, 3.8) is 0 Å². The van der Waals surface area contributed by atoms with Crippen molar-refractivity contribution in [1.82, 2.24) is 19.7 Å². The van der Waals surface area contributed by atoms with E-state index in [1.165, 1.54) is 11.1 Å². The first-order valence-corrected chi connectivity index (χ1v) is 7.67. The Kier molecular flexibility index (Phi) is 3.06. The number of aromatic nitrogens is 3. The van der Waals surface area contributed by atoms with E-state index in [-0.39, 0.29) is 18.0 Å². The summed E-state index contributed by atoms with van der Waals surface area (Å²) < 4.78 is 1.57. The third-order valence-electron chi connectivity index (χ3n) is 4.57. The van der Waals surface area contributed by atoms with Crippen LogP contribution in [0.3, 0.4) is 0 Å². The molecule has 2 aliphatic rings. The molecule has 5 nitrogen and oxygen atoms in total. The molecule has 1 saturated heterocycles. The standard InChI is InChI=1S/C17H18N4O/c1-20-11-18-16(19-20)17(22)21-14-7-8-15(21)10-13(9-14)12-5-3-2-4-6-12/h2-6,9,11,14-15H,7-8,10H2,1H3. The van der Waals surface area contributed by atoms with E-state index in [0.29, 0.717) is 5.82 Å². The predicted molar refractivity (Wildman–Crippen MR) is 83.0 cm³/mol. The van der Waals surface area contributed by atoms with E-state index >= 15 is 0 Å². The zero-order valence-corrected chi connectivity index (χ0v) is 12.5. The molecule has 5 heteroatoms. The van der Waals surface area contributed by atoms with Gasteiger partial charge in [-0.1, -0.05) is 36.4 Å². The van der Waals surface area contributed by atoms with Crippen LogP contribution in [0.5, 0.6) is 0 Å². The van der Waals surface area contributed by atoms with Gasteiger partial charge < -0.3 is 4.90 Å². The Morgan fingerprint density at radius 1 is 1.23 bits per heavy atom. The minimum absolute atomic E-state index is 0.0449. The number of hydrogen-bond acceptors (Lipinski definition) is 3. The number of rotatable bonds is 2. The summed E-state index contributed by atoms with van der Waals surface area (Å²) in [5, 5.41) is 4.15. The molecule has 0 spiro atoms. The van der Waals surface area contributed by atoms with Gasteiger partial charge >= 0.3 is 0 Å². The van der Waals surface area contributed by atoms with E-state index in [9.17, 15) is 4.79 Å². The maximum atomic E-state index is 12.7. The second-order valence-electron chi connectivity index (χ2n) is 6.01. The molecule has 1 aromatic carbocycles. The molecule has 1 amide bonds. The number of hydrogen-bond donors (Lipinski definition) is 0. The van der Waals surface area contributed by atoms with Crippen molar-refractivity contribution in [2.45, 2.75) is 31.3 Å². The van der Waals surface area contributed by atoms with E-state index in [1.54, 1.807) is 18.1 Å². The number of aryl methyl sites for hydroxylation is 1. The highest BCUT2D eigenvalue weighted by Crippen LogP contribution is 2.38. The molecule has 2 unspecified atom stereocenters. The summed E-state index contributed by atoms with van der Waals surface area (Å²) >= 11 is 0. The monoisotopic (exact) mass is 294 g/mol. The lowest BCUT2D eigenvalue weighted by atomic mass is 9.94. The van der Waals surface area contributed by atoms with E-state index in [1.807, 2.05) is 11.0 Å². The number of amides is 1. The molecule has 0 radical (unpaired) electrons. The Bertz CT molecular complexity index is 734. The first kappa shape index (κ1) is 13.2. The molecule has 2 bridgehead atoms. The van der Waals surface area contributed by atoms with Crippen molar-refractivity contribution in [2.24, 2.45) is 7.05 Å². The minimum atomic E-state index is -0.0449. The van der Waals surface area contributed by atoms with Crippen molar-refractivity contribution < 1.29 is 4.79 Å². The summed E-state index contributed by atoms with van der Waals surface area (Å²) in [5.41, 5.74) is 2.62. The summed E-state index contributed by atoms with van der Waals surface area (Å²) in [6, 6.07) is 10.9. The Morgan fingerprint density at radius 2 is 2.05 bits per heavy atom. The third kappa shape index (κ3) is 2.13. The number of nitrogens with zero attached hydrogens (tertiary/aromatic N) is 4. The molecule has 0 saturated carbocycles.